The van der Waals surface area contributed by atoms with E-state index in [9.17, 15) is 13.6 Å². The monoisotopic (exact) mass is 405 g/mol. The van der Waals surface area contributed by atoms with E-state index in [1.54, 1.807) is 12.1 Å². The molecule has 0 saturated carbocycles. The van der Waals surface area contributed by atoms with Gasteiger partial charge in [0.15, 0.2) is 17.3 Å². The van der Waals surface area contributed by atoms with Crippen molar-refractivity contribution in [2.24, 2.45) is 0 Å². The molecule has 3 rings (SSSR count). The van der Waals surface area contributed by atoms with Gasteiger partial charge < -0.3 is 24.5 Å². The lowest BCUT2D eigenvalue weighted by molar-refractivity contribution is 0.0940. The van der Waals surface area contributed by atoms with Crippen LogP contribution in [0.4, 0.5) is 8.78 Å². The highest BCUT2D eigenvalue weighted by molar-refractivity contribution is 5.97. The van der Waals surface area contributed by atoms with E-state index in [-0.39, 0.29) is 11.9 Å². The summed E-state index contributed by atoms with van der Waals surface area (Å²) in [5.41, 5.74) is 1.81. The zero-order chi connectivity index (χ0) is 21.1. The first-order valence-corrected chi connectivity index (χ1v) is 8.76. The van der Waals surface area contributed by atoms with Gasteiger partial charge in [-0.25, -0.2) is 13.8 Å². The number of carbonyl (C=O) groups is 1. The zero-order valence-corrected chi connectivity index (χ0v) is 16.4. The van der Waals surface area contributed by atoms with Crippen LogP contribution >= 0.6 is 0 Å². The van der Waals surface area contributed by atoms with E-state index in [2.05, 4.69) is 15.3 Å². The van der Waals surface area contributed by atoms with E-state index in [4.69, 9.17) is 14.2 Å². The Hall–Kier alpha value is -3.36. The molecular weight excluding hydrogens is 384 g/mol. The summed E-state index contributed by atoms with van der Waals surface area (Å²) in [5.74, 6) is 0.615. The molecule has 9 heteroatoms. The van der Waals surface area contributed by atoms with Gasteiger partial charge in [-0.1, -0.05) is 0 Å². The quantitative estimate of drug-likeness (QED) is 0.620. The minimum absolute atomic E-state index is 0.321. The van der Waals surface area contributed by atoms with Crippen molar-refractivity contribution in [3.05, 3.63) is 47.3 Å². The largest absolute Gasteiger partial charge is 0.493 e. The molecule has 3 aromatic rings. The van der Waals surface area contributed by atoms with Crippen molar-refractivity contribution in [1.82, 2.24) is 15.3 Å². The van der Waals surface area contributed by atoms with Crippen LogP contribution in [0.5, 0.6) is 17.2 Å². The van der Waals surface area contributed by atoms with E-state index in [0.717, 1.165) is 5.56 Å². The molecule has 154 valence electrons. The third-order valence-electron chi connectivity index (χ3n) is 4.50. The number of amides is 1. The third-order valence-corrected chi connectivity index (χ3v) is 4.50. The summed E-state index contributed by atoms with van der Waals surface area (Å²) >= 11 is 0. The van der Waals surface area contributed by atoms with Crippen LogP contribution in [-0.4, -0.2) is 37.2 Å². The fourth-order valence-electron chi connectivity index (χ4n) is 2.99. The first kappa shape index (κ1) is 20.4. The molecule has 2 N–H and O–H groups in total. The molecule has 7 nitrogen and oxygen atoms in total. The van der Waals surface area contributed by atoms with Crippen molar-refractivity contribution in [1.29, 1.82) is 0 Å². The molecule has 0 aliphatic heterocycles. The van der Waals surface area contributed by atoms with Crippen LogP contribution < -0.4 is 19.5 Å². The van der Waals surface area contributed by atoms with Gasteiger partial charge in [-0.3, -0.25) is 4.79 Å². The number of benzene rings is 2. The Morgan fingerprint density at radius 2 is 1.72 bits per heavy atom. The second-order valence-electron chi connectivity index (χ2n) is 6.31. The molecule has 1 heterocycles. The molecular formula is C20H21F2N3O4. The van der Waals surface area contributed by atoms with Crippen LogP contribution in [0.2, 0.25) is 0 Å². The molecule has 1 unspecified atom stereocenters. The molecule has 1 atom stereocenters. The lowest BCUT2D eigenvalue weighted by Gasteiger charge is -2.19. The molecule has 0 fully saturated rings. The van der Waals surface area contributed by atoms with E-state index in [0.29, 0.717) is 33.8 Å². The van der Waals surface area contributed by atoms with E-state index in [1.807, 2.05) is 6.92 Å². The summed E-state index contributed by atoms with van der Waals surface area (Å²) in [4.78, 5) is 19.0. The highest BCUT2D eigenvalue weighted by atomic mass is 19.3. The number of hydrogen-bond acceptors (Lipinski definition) is 5. The van der Waals surface area contributed by atoms with Gasteiger partial charge in [0.05, 0.1) is 38.4 Å². The van der Waals surface area contributed by atoms with Crippen LogP contribution in [0.1, 0.15) is 41.1 Å². The number of ether oxygens (including phenoxy) is 3. The summed E-state index contributed by atoms with van der Waals surface area (Å²) in [6, 6.07) is 7.67. The van der Waals surface area contributed by atoms with Gasteiger partial charge >= 0.3 is 0 Å². The van der Waals surface area contributed by atoms with Gasteiger partial charge in [0, 0.05) is 5.56 Å². The number of aromatic amines is 1. The second kappa shape index (κ2) is 8.34. The van der Waals surface area contributed by atoms with Gasteiger partial charge in [-0.05, 0) is 42.8 Å². The first-order chi connectivity index (χ1) is 13.9. The van der Waals surface area contributed by atoms with Gasteiger partial charge in [-0.15, -0.1) is 0 Å². The summed E-state index contributed by atoms with van der Waals surface area (Å²) in [7, 11) is 4.53. The normalized spacial score (nSPS) is 12.1. The van der Waals surface area contributed by atoms with E-state index < -0.39 is 12.2 Å². The van der Waals surface area contributed by atoms with Crippen LogP contribution in [-0.2, 0) is 0 Å². The van der Waals surface area contributed by atoms with Gasteiger partial charge in [-0.2, -0.15) is 0 Å². The smallest absolute Gasteiger partial charge is 0.295 e. The summed E-state index contributed by atoms with van der Waals surface area (Å²) in [5, 5.41) is 2.87. The number of fused-ring (bicyclic) bond motifs is 1. The Kier molecular flexibility index (Phi) is 5.86. The van der Waals surface area contributed by atoms with Crippen molar-refractivity contribution >= 4 is 16.9 Å². The molecule has 0 aliphatic carbocycles. The molecule has 1 aromatic heterocycles. The number of rotatable bonds is 7. The summed E-state index contributed by atoms with van der Waals surface area (Å²) in [6.45, 7) is 1.81. The molecule has 0 spiro atoms. The predicted octanol–water partition coefficient (Wildman–Crippen LogP) is 4.02. The number of carbonyl (C=O) groups excluding carboxylic acids is 1. The Bertz CT molecular complexity index is 1010. The maximum absolute atomic E-state index is 12.8. The van der Waals surface area contributed by atoms with E-state index in [1.165, 1.54) is 39.5 Å². The number of methoxy groups -OCH3 is 3. The first-order valence-electron chi connectivity index (χ1n) is 8.76. The fraction of sp³-hybridized carbons (Fsp3) is 0.300. The van der Waals surface area contributed by atoms with E-state index >= 15 is 0 Å². The topological polar surface area (TPSA) is 85.5 Å². The molecule has 0 aliphatic rings. The van der Waals surface area contributed by atoms with Gasteiger partial charge in [0.2, 0.25) is 5.75 Å². The predicted molar refractivity (Wildman–Crippen MR) is 103 cm³/mol. The van der Waals surface area contributed by atoms with Crippen molar-refractivity contribution in [3.63, 3.8) is 0 Å². The maximum Gasteiger partial charge on any atom is 0.295 e. The minimum Gasteiger partial charge on any atom is -0.493 e. The number of halogens is 2. The molecule has 29 heavy (non-hydrogen) atoms. The highest BCUT2D eigenvalue weighted by Gasteiger charge is 2.19. The third kappa shape index (κ3) is 4.08. The summed E-state index contributed by atoms with van der Waals surface area (Å²) < 4.78 is 41.6. The molecule has 0 bridgehead atoms. The Morgan fingerprint density at radius 1 is 1.07 bits per heavy atom. The number of nitrogens with zero attached hydrogens (tertiary/aromatic N) is 1. The summed E-state index contributed by atoms with van der Waals surface area (Å²) in [6.07, 6.45) is -2.71. The molecule has 0 radical (unpaired) electrons. The average molecular weight is 405 g/mol. The number of hydrogen-bond donors (Lipinski definition) is 2. The Labute approximate surface area is 166 Å². The zero-order valence-electron chi connectivity index (χ0n) is 16.4. The standard InChI is InChI=1S/C20H21F2N3O4/c1-10(12-8-15(27-2)17(29-4)16(9-12)28-3)23-20(26)11-5-6-13-14(7-11)25-19(24-13)18(21)22/h5-10,18H,1-4H3,(H,23,26)(H,24,25). The molecule has 2 aromatic carbocycles. The molecule has 0 saturated heterocycles. The van der Waals surface area contributed by atoms with Gasteiger partial charge in [0.25, 0.3) is 12.3 Å². The number of alkyl halides is 2. The van der Waals surface area contributed by atoms with Crippen molar-refractivity contribution in [2.45, 2.75) is 19.4 Å². The second-order valence-corrected chi connectivity index (χ2v) is 6.31. The van der Waals surface area contributed by atoms with Crippen molar-refractivity contribution in [2.75, 3.05) is 21.3 Å². The fourth-order valence-corrected chi connectivity index (χ4v) is 2.99. The van der Waals surface area contributed by atoms with Crippen molar-refractivity contribution in [3.8, 4) is 17.2 Å². The number of nitrogens with one attached hydrogen (secondary N) is 2. The van der Waals surface area contributed by atoms with Crippen LogP contribution in [0, 0.1) is 0 Å². The minimum atomic E-state index is -2.71. The van der Waals surface area contributed by atoms with Gasteiger partial charge in [0.1, 0.15) is 0 Å². The Balaban J connectivity index is 1.84. The van der Waals surface area contributed by atoms with Crippen molar-refractivity contribution < 1.29 is 27.8 Å². The molecule has 1 amide bonds. The lowest BCUT2D eigenvalue weighted by atomic mass is 10.1. The van der Waals surface area contributed by atoms with Crippen LogP contribution in [0.25, 0.3) is 11.0 Å². The number of imidazole rings is 1. The van der Waals surface area contributed by atoms with Crippen LogP contribution in [0.15, 0.2) is 30.3 Å². The Morgan fingerprint density at radius 3 is 2.28 bits per heavy atom. The maximum atomic E-state index is 12.8. The average Bonchev–Trinajstić information content (AvgIpc) is 3.16. The lowest BCUT2D eigenvalue weighted by Crippen LogP contribution is -2.26. The number of H-pyrrole nitrogens is 1. The highest BCUT2D eigenvalue weighted by Crippen LogP contribution is 2.39. The van der Waals surface area contributed by atoms with Crippen LogP contribution in [0.3, 0.4) is 0 Å². The number of aromatic nitrogens is 2. The SMILES string of the molecule is COc1cc(C(C)NC(=O)c2ccc3nc(C(F)F)[nH]c3c2)cc(OC)c1OC.